The summed E-state index contributed by atoms with van der Waals surface area (Å²) in [6, 6.07) is 0. The lowest BCUT2D eigenvalue weighted by molar-refractivity contribution is -0.149. The van der Waals surface area contributed by atoms with E-state index >= 15 is 0 Å². The van der Waals surface area contributed by atoms with E-state index in [1.165, 1.54) is 11.8 Å². The molecule has 0 saturated carbocycles. The second-order valence-electron chi connectivity index (χ2n) is 2.17. The smallest absolute Gasteiger partial charge is 0.317 e. The van der Waals surface area contributed by atoms with Gasteiger partial charge in [-0.1, -0.05) is 0 Å². The van der Waals surface area contributed by atoms with Crippen molar-refractivity contribution >= 4 is 11.9 Å². The first kappa shape index (κ1) is 9.90. The van der Waals surface area contributed by atoms with Crippen LogP contribution in [0.25, 0.3) is 0 Å². The molecule has 0 saturated heterocycles. The Morgan fingerprint density at radius 3 is 2.45 bits per heavy atom. The lowest BCUT2D eigenvalue weighted by Crippen LogP contribution is -2.28. The molecule has 5 heteroatoms. The largest absolute Gasteiger partial charge is 0.480 e. The number of carbonyl (C=O) groups excluding carboxylic acids is 1. The lowest BCUT2D eigenvalue weighted by Gasteiger charge is -2.12. The van der Waals surface area contributed by atoms with Crippen LogP contribution in [0.1, 0.15) is 6.92 Å². The number of esters is 1. The Labute approximate surface area is 64.6 Å². The molecular formula is C6H11NO4. The molecule has 0 aliphatic carbocycles. The summed E-state index contributed by atoms with van der Waals surface area (Å²) in [5.41, 5.74) is 0. The van der Waals surface area contributed by atoms with Gasteiger partial charge in [0.25, 0.3) is 0 Å². The maximum Gasteiger partial charge on any atom is 0.317 e. The summed E-state index contributed by atoms with van der Waals surface area (Å²) in [4.78, 5) is 21.7. The van der Waals surface area contributed by atoms with E-state index in [0.29, 0.717) is 0 Å². The first-order valence-corrected chi connectivity index (χ1v) is 3.06. The third-order valence-corrected chi connectivity index (χ3v) is 0.893. The van der Waals surface area contributed by atoms with Crippen molar-refractivity contribution in [2.75, 3.05) is 20.3 Å². The lowest BCUT2D eigenvalue weighted by atomic mass is 10.6. The Morgan fingerprint density at radius 2 is 2.09 bits per heavy atom. The number of nitrogens with zero attached hydrogens (tertiary/aromatic N) is 1. The zero-order chi connectivity index (χ0) is 8.85. The van der Waals surface area contributed by atoms with E-state index in [-0.39, 0.29) is 13.3 Å². The first-order chi connectivity index (χ1) is 5.02. The number of hydrogen-bond acceptors (Lipinski definition) is 4. The van der Waals surface area contributed by atoms with Crippen molar-refractivity contribution in [3.8, 4) is 0 Å². The first-order valence-electron chi connectivity index (χ1n) is 3.06. The van der Waals surface area contributed by atoms with Gasteiger partial charge in [0.1, 0.15) is 6.73 Å². The molecule has 11 heavy (non-hydrogen) atoms. The third-order valence-electron chi connectivity index (χ3n) is 0.893. The average Bonchev–Trinajstić information content (AvgIpc) is 1.82. The standard InChI is InChI=1S/C6H11NO4/c1-5(8)11-4-7(2)3-6(9)10/h3-4H2,1-2H3,(H,9,10). The molecule has 0 unspecified atom stereocenters. The zero-order valence-electron chi connectivity index (χ0n) is 6.53. The summed E-state index contributed by atoms with van der Waals surface area (Å²) in [6.45, 7) is 1.16. The van der Waals surface area contributed by atoms with E-state index in [9.17, 15) is 9.59 Å². The highest BCUT2D eigenvalue weighted by Crippen LogP contribution is 1.83. The number of carboxylic acid groups (broad SMARTS) is 1. The van der Waals surface area contributed by atoms with Gasteiger partial charge in [0.2, 0.25) is 0 Å². The van der Waals surface area contributed by atoms with Crippen LogP contribution in [0.3, 0.4) is 0 Å². The molecule has 0 aliphatic rings. The van der Waals surface area contributed by atoms with Crippen LogP contribution in [0.4, 0.5) is 0 Å². The average molecular weight is 161 g/mol. The van der Waals surface area contributed by atoms with Crippen molar-refractivity contribution in [3.63, 3.8) is 0 Å². The van der Waals surface area contributed by atoms with E-state index in [2.05, 4.69) is 4.74 Å². The van der Waals surface area contributed by atoms with Crippen LogP contribution < -0.4 is 0 Å². The Balaban J connectivity index is 3.44. The molecule has 0 amide bonds. The zero-order valence-corrected chi connectivity index (χ0v) is 6.53. The second kappa shape index (κ2) is 4.68. The molecule has 0 aromatic heterocycles. The van der Waals surface area contributed by atoms with Crippen molar-refractivity contribution in [1.82, 2.24) is 4.90 Å². The number of hydrogen-bond donors (Lipinski definition) is 1. The Bertz CT molecular complexity index is 157. The Kier molecular flexibility index (Phi) is 4.21. The van der Waals surface area contributed by atoms with Gasteiger partial charge >= 0.3 is 11.9 Å². The fourth-order valence-electron chi connectivity index (χ4n) is 0.478. The molecule has 0 spiro atoms. The second-order valence-corrected chi connectivity index (χ2v) is 2.17. The SMILES string of the molecule is CC(=O)OCN(C)CC(=O)O. The summed E-state index contributed by atoms with van der Waals surface area (Å²) in [7, 11) is 1.55. The number of carboxylic acids is 1. The van der Waals surface area contributed by atoms with E-state index in [1.54, 1.807) is 7.05 Å². The monoisotopic (exact) mass is 161 g/mol. The van der Waals surface area contributed by atoms with E-state index in [0.717, 1.165) is 0 Å². The van der Waals surface area contributed by atoms with E-state index in [4.69, 9.17) is 5.11 Å². The quantitative estimate of drug-likeness (QED) is 0.445. The van der Waals surface area contributed by atoms with Gasteiger partial charge in [-0.25, -0.2) is 0 Å². The molecule has 0 fully saturated rings. The van der Waals surface area contributed by atoms with Crippen molar-refractivity contribution < 1.29 is 19.4 Å². The molecule has 0 heterocycles. The molecular weight excluding hydrogens is 150 g/mol. The van der Waals surface area contributed by atoms with Crippen LogP contribution in [0.15, 0.2) is 0 Å². The van der Waals surface area contributed by atoms with Crippen molar-refractivity contribution in [2.45, 2.75) is 6.92 Å². The van der Waals surface area contributed by atoms with Gasteiger partial charge in [-0.2, -0.15) is 0 Å². The summed E-state index contributed by atoms with van der Waals surface area (Å²) in [6.07, 6.45) is 0. The van der Waals surface area contributed by atoms with Crippen LogP contribution >= 0.6 is 0 Å². The maximum atomic E-state index is 10.2. The Morgan fingerprint density at radius 1 is 1.55 bits per heavy atom. The minimum absolute atomic E-state index is 0.0155. The van der Waals surface area contributed by atoms with E-state index < -0.39 is 11.9 Å². The summed E-state index contributed by atoms with van der Waals surface area (Å²) < 4.78 is 4.53. The maximum absolute atomic E-state index is 10.2. The van der Waals surface area contributed by atoms with Crippen LogP contribution in [0.5, 0.6) is 0 Å². The van der Waals surface area contributed by atoms with Crippen molar-refractivity contribution in [1.29, 1.82) is 0 Å². The molecule has 0 aromatic rings. The van der Waals surface area contributed by atoms with Gasteiger partial charge in [-0.15, -0.1) is 0 Å². The van der Waals surface area contributed by atoms with Gasteiger partial charge in [-0.05, 0) is 7.05 Å². The topological polar surface area (TPSA) is 66.8 Å². The highest BCUT2D eigenvalue weighted by Gasteiger charge is 2.04. The van der Waals surface area contributed by atoms with Crippen LogP contribution in [-0.2, 0) is 14.3 Å². The van der Waals surface area contributed by atoms with Crippen LogP contribution in [-0.4, -0.2) is 42.3 Å². The van der Waals surface area contributed by atoms with Gasteiger partial charge in [-0.3, -0.25) is 14.5 Å². The fraction of sp³-hybridized carbons (Fsp3) is 0.667. The molecule has 64 valence electrons. The number of rotatable bonds is 4. The Hall–Kier alpha value is -1.10. The minimum atomic E-state index is -0.945. The fourth-order valence-corrected chi connectivity index (χ4v) is 0.478. The third kappa shape index (κ3) is 6.79. The molecule has 0 aliphatic heterocycles. The minimum Gasteiger partial charge on any atom is -0.480 e. The van der Waals surface area contributed by atoms with Crippen molar-refractivity contribution in [2.24, 2.45) is 0 Å². The molecule has 0 rings (SSSR count). The van der Waals surface area contributed by atoms with Gasteiger partial charge in [0.05, 0.1) is 6.54 Å². The molecule has 1 N–H and O–H groups in total. The molecule has 0 bridgehead atoms. The van der Waals surface area contributed by atoms with Gasteiger partial charge < -0.3 is 9.84 Å². The number of likely N-dealkylation sites (N-methyl/N-ethyl adjacent to an activating group) is 1. The van der Waals surface area contributed by atoms with Crippen LogP contribution in [0, 0.1) is 0 Å². The predicted octanol–water partition coefficient (Wildman–Crippen LogP) is -0.477. The highest BCUT2D eigenvalue weighted by molar-refractivity contribution is 5.69. The van der Waals surface area contributed by atoms with E-state index in [1.807, 2.05) is 0 Å². The number of carbonyl (C=O) groups is 2. The highest BCUT2D eigenvalue weighted by atomic mass is 16.5. The molecule has 0 aromatic carbocycles. The molecule has 5 nitrogen and oxygen atoms in total. The summed E-state index contributed by atoms with van der Waals surface area (Å²) >= 11 is 0. The summed E-state index contributed by atoms with van der Waals surface area (Å²) in [5.74, 6) is -1.36. The van der Waals surface area contributed by atoms with Crippen LogP contribution in [0.2, 0.25) is 0 Å². The number of aliphatic carboxylic acids is 1. The number of ether oxygens (including phenoxy) is 1. The summed E-state index contributed by atoms with van der Waals surface area (Å²) in [5, 5.41) is 8.27. The molecule has 0 radical (unpaired) electrons. The normalized spacial score (nSPS) is 9.73. The van der Waals surface area contributed by atoms with Gasteiger partial charge in [0.15, 0.2) is 0 Å². The predicted molar refractivity (Wildman–Crippen MR) is 36.9 cm³/mol. The molecule has 0 atom stereocenters. The van der Waals surface area contributed by atoms with Crippen molar-refractivity contribution in [3.05, 3.63) is 0 Å². The van der Waals surface area contributed by atoms with Gasteiger partial charge in [0, 0.05) is 6.92 Å².